The highest BCUT2D eigenvalue weighted by Gasteiger charge is 2.27. The van der Waals surface area contributed by atoms with Gasteiger partial charge < -0.3 is 19.5 Å². The molecule has 2 aliphatic rings. The van der Waals surface area contributed by atoms with Crippen molar-refractivity contribution in [2.75, 3.05) is 13.1 Å². The van der Waals surface area contributed by atoms with Crippen molar-refractivity contribution in [2.45, 2.75) is 70.6 Å². The molecule has 2 fully saturated rings. The summed E-state index contributed by atoms with van der Waals surface area (Å²) in [6, 6.07) is 8.25. The number of rotatable bonds is 7. The van der Waals surface area contributed by atoms with E-state index in [9.17, 15) is 4.79 Å². The van der Waals surface area contributed by atoms with Gasteiger partial charge in [-0.15, -0.1) is 0 Å². The molecule has 0 atom stereocenters. The number of aryl methyl sites for hydroxylation is 1. The molecule has 2 aromatic rings. The van der Waals surface area contributed by atoms with Crippen molar-refractivity contribution in [3.8, 4) is 5.75 Å². The van der Waals surface area contributed by atoms with Crippen LogP contribution >= 0.6 is 0 Å². The molecule has 0 radical (unpaired) electrons. The number of amides is 1. The lowest BCUT2D eigenvalue weighted by Gasteiger charge is -2.36. The van der Waals surface area contributed by atoms with Gasteiger partial charge in [0.15, 0.2) is 6.61 Å². The van der Waals surface area contributed by atoms with Crippen LogP contribution in [0.4, 0.5) is 0 Å². The van der Waals surface area contributed by atoms with E-state index >= 15 is 0 Å². The average Bonchev–Trinajstić information content (AvgIpc) is 3.45. The van der Waals surface area contributed by atoms with Crippen LogP contribution in [0.2, 0.25) is 0 Å². The maximum absolute atomic E-state index is 12.6. The summed E-state index contributed by atoms with van der Waals surface area (Å²) >= 11 is 0. The van der Waals surface area contributed by atoms with Gasteiger partial charge in [-0.25, -0.2) is 0 Å². The van der Waals surface area contributed by atoms with Crippen molar-refractivity contribution >= 4 is 5.91 Å². The number of likely N-dealkylation sites (tertiary alicyclic amines) is 1. The van der Waals surface area contributed by atoms with Crippen molar-refractivity contribution in [1.29, 1.82) is 0 Å². The van der Waals surface area contributed by atoms with Crippen LogP contribution in [0, 0.1) is 0 Å². The van der Waals surface area contributed by atoms with Gasteiger partial charge in [-0.3, -0.25) is 4.79 Å². The lowest BCUT2D eigenvalue weighted by atomic mass is 10.0. The van der Waals surface area contributed by atoms with E-state index in [1.165, 1.54) is 25.7 Å². The Bertz CT molecular complexity index is 791. The Kier molecular flexibility index (Phi) is 6.44. The summed E-state index contributed by atoms with van der Waals surface area (Å²) in [6.07, 6.45) is 8.21. The lowest BCUT2D eigenvalue weighted by Crippen LogP contribution is -2.47. The molecule has 1 aliphatic heterocycles. The molecule has 0 spiro atoms. The van der Waals surface area contributed by atoms with Crippen LogP contribution in [0.25, 0.3) is 0 Å². The molecular formula is C22H30N4O3. The summed E-state index contributed by atoms with van der Waals surface area (Å²) in [4.78, 5) is 19.4. The van der Waals surface area contributed by atoms with E-state index in [0.29, 0.717) is 29.4 Å². The summed E-state index contributed by atoms with van der Waals surface area (Å²) < 4.78 is 10.7. The Hall–Kier alpha value is -2.41. The minimum absolute atomic E-state index is 0.0124. The molecule has 156 valence electrons. The average molecular weight is 399 g/mol. The van der Waals surface area contributed by atoms with Gasteiger partial charge in [0.1, 0.15) is 5.75 Å². The van der Waals surface area contributed by atoms with Crippen LogP contribution in [-0.4, -0.2) is 46.1 Å². The fourth-order valence-electron chi connectivity index (χ4n) is 4.29. The molecule has 4 rings (SSSR count). The summed E-state index contributed by atoms with van der Waals surface area (Å²) in [6.45, 7) is 4.39. The Morgan fingerprint density at radius 3 is 2.55 bits per heavy atom. The van der Waals surface area contributed by atoms with Gasteiger partial charge in [-0.1, -0.05) is 24.9 Å². The Labute approximate surface area is 171 Å². The lowest BCUT2D eigenvalue weighted by molar-refractivity contribution is 0.0892. The number of hydrogen-bond acceptors (Lipinski definition) is 6. The van der Waals surface area contributed by atoms with Crippen LogP contribution in [0.3, 0.4) is 0 Å². The number of nitrogens with one attached hydrogen (secondary N) is 1. The highest BCUT2D eigenvalue weighted by molar-refractivity contribution is 5.94. The molecule has 1 saturated heterocycles. The third-order valence-electron chi connectivity index (χ3n) is 6.00. The molecule has 1 aromatic carbocycles. The maximum Gasteiger partial charge on any atom is 0.251 e. The molecule has 1 N–H and O–H groups in total. The van der Waals surface area contributed by atoms with Gasteiger partial charge in [0.25, 0.3) is 5.91 Å². The monoisotopic (exact) mass is 398 g/mol. The second kappa shape index (κ2) is 9.39. The molecule has 1 aliphatic carbocycles. The topological polar surface area (TPSA) is 80.5 Å². The minimum atomic E-state index is -0.0124. The standard InChI is InChI=1S/C22H30N4O3/c1-2-21-24-20(25-29-21)15-28-19-9-7-16(8-10-19)22(27)23-17-11-13-26(14-12-17)18-5-3-4-6-18/h7-10,17-18H,2-6,11-15H2,1H3,(H,23,27). The molecule has 1 saturated carbocycles. The first-order valence-corrected chi connectivity index (χ1v) is 10.8. The van der Waals surface area contributed by atoms with Crippen LogP contribution in [-0.2, 0) is 13.0 Å². The fourth-order valence-corrected chi connectivity index (χ4v) is 4.29. The van der Waals surface area contributed by atoms with Gasteiger partial charge >= 0.3 is 0 Å². The predicted molar refractivity (Wildman–Crippen MR) is 109 cm³/mol. The minimum Gasteiger partial charge on any atom is -0.485 e. The number of piperidine rings is 1. The molecule has 1 aromatic heterocycles. The zero-order chi connectivity index (χ0) is 20.1. The van der Waals surface area contributed by atoms with Crippen molar-refractivity contribution in [3.63, 3.8) is 0 Å². The van der Waals surface area contributed by atoms with Crippen LogP contribution in [0.15, 0.2) is 28.8 Å². The Balaban J connectivity index is 1.23. The molecule has 2 heterocycles. The molecular weight excluding hydrogens is 368 g/mol. The number of benzene rings is 1. The summed E-state index contributed by atoms with van der Waals surface area (Å²) in [7, 11) is 0. The van der Waals surface area contributed by atoms with Crippen molar-refractivity contribution in [2.24, 2.45) is 0 Å². The van der Waals surface area contributed by atoms with Crippen molar-refractivity contribution < 1.29 is 14.1 Å². The second-order valence-corrected chi connectivity index (χ2v) is 7.99. The number of aromatic nitrogens is 2. The molecule has 29 heavy (non-hydrogen) atoms. The van der Waals surface area contributed by atoms with Gasteiger partial charge in [-0.05, 0) is 49.9 Å². The van der Waals surface area contributed by atoms with Gasteiger partial charge in [0, 0.05) is 37.2 Å². The number of carbonyl (C=O) groups is 1. The summed E-state index contributed by atoms with van der Waals surface area (Å²) in [5.41, 5.74) is 0.656. The summed E-state index contributed by atoms with van der Waals surface area (Å²) in [5.74, 6) is 1.79. The van der Waals surface area contributed by atoms with Gasteiger partial charge in [0.2, 0.25) is 11.7 Å². The highest BCUT2D eigenvalue weighted by atomic mass is 16.5. The molecule has 7 heteroatoms. The quantitative estimate of drug-likeness (QED) is 0.770. The molecule has 1 amide bonds. The zero-order valence-electron chi connectivity index (χ0n) is 17.1. The van der Waals surface area contributed by atoms with E-state index in [1.807, 2.05) is 6.92 Å². The third-order valence-corrected chi connectivity index (χ3v) is 6.00. The SMILES string of the molecule is CCc1nc(COc2ccc(C(=O)NC3CCN(C4CCCC4)CC3)cc2)no1. The van der Waals surface area contributed by atoms with E-state index < -0.39 is 0 Å². The van der Waals surface area contributed by atoms with E-state index in [2.05, 4.69) is 20.4 Å². The predicted octanol–water partition coefficient (Wildman–Crippen LogP) is 3.35. The van der Waals surface area contributed by atoms with E-state index in [0.717, 1.165) is 32.0 Å². The number of ether oxygens (including phenoxy) is 1. The first-order valence-electron chi connectivity index (χ1n) is 10.8. The van der Waals surface area contributed by atoms with Crippen molar-refractivity contribution in [1.82, 2.24) is 20.4 Å². The van der Waals surface area contributed by atoms with Crippen LogP contribution < -0.4 is 10.1 Å². The van der Waals surface area contributed by atoms with E-state index in [-0.39, 0.29) is 18.6 Å². The zero-order valence-corrected chi connectivity index (χ0v) is 17.1. The first kappa shape index (κ1) is 19.9. The van der Waals surface area contributed by atoms with Gasteiger partial charge in [-0.2, -0.15) is 4.98 Å². The number of nitrogens with zero attached hydrogens (tertiary/aromatic N) is 3. The normalized spacial score (nSPS) is 18.8. The van der Waals surface area contributed by atoms with Crippen LogP contribution in [0.1, 0.15) is 67.5 Å². The van der Waals surface area contributed by atoms with E-state index in [4.69, 9.17) is 9.26 Å². The summed E-state index contributed by atoms with van der Waals surface area (Å²) in [5, 5.41) is 7.06. The van der Waals surface area contributed by atoms with Crippen molar-refractivity contribution in [3.05, 3.63) is 41.5 Å². The Morgan fingerprint density at radius 1 is 1.17 bits per heavy atom. The van der Waals surface area contributed by atoms with Gasteiger partial charge in [0.05, 0.1) is 0 Å². The highest BCUT2D eigenvalue weighted by Crippen LogP contribution is 2.26. The number of carbonyl (C=O) groups excluding carboxylic acids is 1. The largest absolute Gasteiger partial charge is 0.485 e. The maximum atomic E-state index is 12.6. The van der Waals surface area contributed by atoms with Crippen LogP contribution in [0.5, 0.6) is 5.75 Å². The third kappa shape index (κ3) is 5.15. The molecule has 0 unspecified atom stereocenters. The molecule has 7 nitrogen and oxygen atoms in total. The second-order valence-electron chi connectivity index (χ2n) is 7.99. The Morgan fingerprint density at radius 2 is 1.90 bits per heavy atom. The van der Waals surface area contributed by atoms with E-state index in [1.54, 1.807) is 24.3 Å². The first-order chi connectivity index (χ1) is 14.2. The molecule has 0 bridgehead atoms. The smallest absolute Gasteiger partial charge is 0.251 e. The fraction of sp³-hybridized carbons (Fsp3) is 0.591. The number of hydrogen-bond donors (Lipinski definition) is 1.